The average Bonchev–Trinajstić information content (AvgIpc) is 3.00. The van der Waals surface area contributed by atoms with Gasteiger partial charge in [0.25, 0.3) is 0 Å². The lowest BCUT2D eigenvalue weighted by atomic mass is 10.3. The number of carboxylic acid groups (broad SMARTS) is 1. The van der Waals surface area contributed by atoms with Crippen LogP contribution in [-0.2, 0) is 29.2 Å². The number of primary sulfonamides is 1. The molecule has 2 aromatic carbocycles. The Labute approximate surface area is 187 Å². The Bertz CT molecular complexity index is 1210. The molecule has 1 aliphatic heterocycles. The summed E-state index contributed by atoms with van der Waals surface area (Å²) in [7, 11) is -3.89. The first-order valence-corrected chi connectivity index (χ1v) is 11.5. The number of amides is 3. The monoisotopic (exact) mass is 475 g/mol. The first-order valence-electron chi connectivity index (χ1n) is 9.03. The van der Waals surface area contributed by atoms with Gasteiger partial charge in [-0.05, 0) is 48.5 Å². The third-order valence-electron chi connectivity index (χ3n) is 4.31. The fourth-order valence-electron chi connectivity index (χ4n) is 2.86. The van der Waals surface area contributed by atoms with Crippen molar-refractivity contribution in [1.29, 1.82) is 0 Å². The van der Waals surface area contributed by atoms with Crippen LogP contribution in [0.25, 0.3) is 0 Å². The Morgan fingerprint density at radius 3 is 2.25 bits per heavy atom. The van der Waals surface area contributed by atoms with Crippen LogP contribution in [0.15, 0.2) is 70.5 Å². The minimum absolute atomic E-state index is 0.0289. The lowest BCUT2D eigenvalue weighted by Crippen LogP contribution is -2.31. The second-order valence-corrected chi connectivity index (χ2v) is 9.44. The van der Waals surface area contributed by atoms with Crippen molar-refractivity contribution >= 4 is 56.9 Å². The standard InChI is InChI=1S/C20H17N3O7S2/c21-32(29,30)15-7-3-13(4-8-15)23-18(25)11-16(20(23)28)31-14-5-1-12(2-6-14)22-17(24)9-10-19(26)27/h1-10,16H,11H2,(H,22,24)(H,26,27)(H2,21,29,30)/b10-9+/t16-/m1/s1. The first-order chi connectivity index (χ1) is 15.0. The van der Waals surface area contributed by atoms with Gasteiger partial charge in [-0.3, -0.25) is 14.4 Å². The Kier molecular flexibility index (Phi) is 6.77. The van der Waals surface area contributed by atoms with Crippen molar-refractivity contribution in [3.63, 3.8) is 0 Å². The van der Waals surface area contributed by atoms with E-state index in [1.807, 2.05) is 0 Å². The van der Waals surface area contributed by atoms with E-state index in [1.165, 1.54) is 36.0 Å². The molecule has 0 aromatic heterocycles. The van der Waals surface area contributed by atoms with Crippen molar-refractivity contribution < 1.29 is 32.7 Å². The van der Waals surface area contributed by atoms with Crippen LogP contribution in [0.4, 0.5) is 11.4 Å². The maximum Gasteiger partial charge on any atom is 0.328 e. The number of nitrogens with one attached hydrogen (secondary N) is 1. The molecule has 1 atom stereocenters. The summed E-state index contributed by atoms with van der Waals surface area (Å²) < 4.78 is 22.7. The third kappa shape index (κ3) is 5.60. The number of hydrogen-bond donors (Lipinski definition) is 3. The summed E-state index contributed by atoms with van der Waals surface area (Å²) >= 11 is 1.18. The molecule has 0 bridgehead atoms. The van der Waals surface area contributed by atoms with E-state index in [1.54, 1.807) is 24.3 Å². The molecule has 4 N–H and O–H groups in total. The fourth-order valence-corrected chi connectivity index (χ4v) is 4.43. The lowest BCUT2D eigenvalue weighted by molar-refractivity contribution is -0.131. The van der Waals surface area contributed by atoms with E-state index in [0.717, 1.165) is 17.1 Å². The Balaban J connectivity index is 1.66. The number of imide groups is 1. The summed E-state index contributed by atoms with van der Waals surface area (Å²) in [5.41, 5.74) is 0.683. The maximum absolute atomic E-state index is 12.8. The highest BCUT2D eigenvalue weighted by Gasteiger charge is 2.40. The number of carboxylic acids is 1. The van der Waals surface area contributed by atoms with Crippen LogP contribution < -0.4 is 15.4 Å². The van der Waals surface area contributed by atoms with Gasteiger partial charge in [-0.2, -0.15) is 0 Å². The molecular weight excluding hydrogens is 458 g/mol. The van der Waals surface area contributed by atoms with Gasteiger partial charge in [0.1, 0.15) is 0 Å². The number of hydrogen-bond acceptors (Lipinski definition) is 7. The van der Waals surface area contributed by atoms with Crippen LogP contribution in [0.2, 0.25) is 0 Å². The zero-order chi connectivity index (χ0) is 23.5. The molecule has 1 aliphatic rings. The van der Waals surface area contributed by atoms with Crippen LogP contribution in [-0.4, -0.2) is 42.5 Å². The number of nitrogens with two attached hydrogens (primary N) is 1. The predicted molar refractivity (Wildman–Crippen MR) is 116 cm³/mol. The number of rotatable bonds is 7. The summed E-state index contributed by atoms with van der Waals surface area (Å²) in [5, 5.41) is 15.4. The van der Waals surface area contributed by atoms with Gasteiger partial charge >= 0.3 is 5.97 Å². The molecule has 3 rings (SSSR count). The number of carbonyl (C=O) groups excluding carboxylic acids is 3. The number of sulfonamides is 1. The molecule has 2 aromatic rings. The van der Waals surface area contributed by atoms with E-state index in [4.69, 9.17) is 10.2 Å². The van der Waals surface area contributed by atoms with Crippen molar-refractivity contribution in [1.82, 2.24) is 0 Å². The van der Waals surface area contributed by atoms with E-state index >= 15 is 0 Å². The zero-order valence-electron chi connectivity index (χ0n) is 16.3. The Hall–Kier alpha value is -3.48. The summed E-state index contributed by atoms with van der Waals surface area (Å²) in [4.78, 5) is 48.8. The average molecular weight is 476 g/mol. The molecule has 32 heavy (non-hydrogen) atoms. The number of thioether (sulfide) groups is 1. The SMILES string of the molecule is NS(=O)(=O)c1ccc(N2C(=O)C[C@@H](Sc3ccc(NC(=O)/C=C/C(=O)O)cc3)C2=O)cc1. The highest BCUT2D eigenvalue weighted by molar-refractivity contribution is 8.00. The quantitative estimate of drug-likeness (QED) is 0.399. The molecule has 3 amide bonds. The normalized spacial score (nSPS) is 16.5. The van der Waals surface area contributed by atoms with Crippen molar-refractivity contribution in [2.24, 2.45) is 5.14 Å². The van der Waals surface area contributed by atoms with Crippen molar-refractivity contribution in [3.05, 3.63) is 60.7 Å². The number of benzene rings is 2. The highest BCUT2D eigenvalue weighted by atomic mass is 32.2. The zero-order valence-corrected chi connectivity index (χ0v) is 17.9. The molecule has 10 nitrogen and oxygen atoms in total. The Morgan fingerprint density at radius 2 is 1.69 bits per heavy atom. The Morgan fingerprint density at radius 1 is 1.06 bits per heavy atom. The van der Waals surface area contributed by atoms with Gasteiger partial charge in [-0.1, -0.05) is 0 Å². The maximum atomic E-state index is 12.8. The van der Waals surface area contributed by atoms with Crippen LogP contribution in [0.5, 0.6) is 0 Å². The second kappa shape index (κ2) is 9.34. The van der Waals surface area contributed by atoms with Gasteiger partial charge < -0.3 is 10.4 Å². The van der Waals surface area contributed by atoms with Gasteiger partial charge in [-0.15, -0.1) is 11.8 Å². The van der Waals surface area contributed by atoms with Crippen LogP contribution in [0, 0.1) is 0 Å². The minimum atomic E-state index is -3.89. The van der Waals surface area contributed by atoms with Gasteiger partial charge in [0.15, 0.2) is 0 Å². The van der Waals surface area contributed by atoms with Crippen molar-refractivity contribution in [3.8, 4) is 0 Å². The van der Waals surface area contributed by atoms with E-state index in [-0.39, 0.29) is 17.0 Å². The summed E-state index contributed by atoms with van der Waals surface area (Å²) in [6.07, 6.45) is 1.58. The van der Waals surface area contributed by atoms with Crippen molar-refractivity contribution in [2.75, 3.05) is 10.2 Å². The fraction of sp³-hybridized carbons (Fsp3) is 0.100. The van der Waals surface area contributed by atoms with Gasteiger partial charge in [0.05, 0.1) is 15.8 Å². The van der Waals surface area contributed by atoms with Gasteiger partial charge in [0, 0.05) is 29.2 Å². The molecule has 0 aliphatic carbocycles. The van der Waals surface area contributed by atoms with E-state index in [9.17, 15) is 27.6 Å². The number of carbonyl (C=O) groups is 4. The van der Waals surface area contributed by atoms with Gasteiger partial charge in [0.2, 0.25) is 27.7 Å². The molecule has 1 saturated heterocycles. The third-order valence-corrected chi connectivity index (χ3v) is 6.43. The highest BCUT2D eigenvalue weighted by Crippen LogP contribution is 2.34. The van der Waals surface area contributed by atoms with E-state index < -0.39 is 39.0 Å². The molecule has 1 heterocycles. The number of aliphatic carboxylic acids is 1. The molecule has 0 radical (unpaired) electrons. The second-order valence-electron chi connectivity index (χ2n) is 6.60. The molecule has 1 fully saturated rings. The molecule has 0 spiro atoms. The molecule has 12 heteroatoms. The van der Waals surface area contributed by atoms with Crippen molar-refractivity contribution in [2.45, 2.75) is 21.5 Å². The topological polar surface area (TPSA) is 164 Å². The lowest BCUT2D eigenvalue weighted by Gasteiger charge is -2.15. The largest absolute Gasteiger partial charge is 0.478 e. The minimum Gasteiger partial charge on any atom is -0.478 e. The first kappa shape index (κ1) is 23.2. The van der Waals surface area contributed by atoms with Crippen LogP contribution >= 0.6 is 11.8 Å². The number of anilines is 2. The molecule has 0 saturated carbocycles. The molecule has 0 unspecified atom stereocenters. The molecule has 166 valence electrons. The number of nitrogens with zero attached hydrogens (tertiary/aromatic N) is 1. The molecular formula is C20H17N3O7S2. The van der Waals surface area contributed by atoms with E-state index in [0.29, 0.717) is 10.6 Å². The summed E-state index contributed by atoms with van der Waals surface area (Å²) in [6, 6.07) is 11.6. The van der Waals surface area contributed by atoms with Crippen LogP contribution in [0.1, 0.15) is 6.42 Å². The van der Waals surface area contributed by atoms with E-state index in [2.05, 4.69) is 5.32 Å². The summed E-state index contributed by atoms with van der Waals surface area (Å²) in [5.74, 6) is -2.69. The van der Waals surface area contributed by atoms with Crippen LogP contribution in [0.3, 0.4) is 0 Å². The summed E-state index contributed by atoms with van der Waals surface area (Å²) in [6.45, 7) is 0. The van der Waals surface area contributed by atoms with Gasteiger partial charge in [-0.25, -0.2) is 23.3 Å². The predicted octanol–water partition coefficient (Wildman–Crippen LogP) is 1.34. The smallest absolute Gasteiger partial charge is 0.328 e.